The third-order valence-corrected chi connectivity index (χ3v) is 3.50. The molecule has 0 radical (unpaired) electrons. The van der Waals surface area contributed by atoms with Crippen molar-refractivity contribution in [2.45, 2.75) is 27.7 Å². The fourth-order valence-electron chi connectivity index (χ4n) is 2.50. The van der Waals surface area contributed by atoms with Crippen molar-refractivity contribution >= 4 is 22.4 Å². The molecule has 3 rings (SSSR count). The van der Waals surface area contributed by atoms with Gasteiger partial charge < -0.3 is 9.82 Å². The maximum atomic E-state index is 12.6. The van der Waals surface area contributed by atoms with E-state index in [2.05, 4.69) is 21.7 Å². The molecule has 2 heterocycles. The lowest BCUT2D eigenvalue weighted by Crippen LogP contribution is -2.14. The zero-order valence-corrected chi connectivity index (χ0v) is 15.5. The van der Waals surface area contributed by atoms with E-state index in [1.54, 1.807) is 32.3 Å². The van der Waals surface area contributed by atoms with Gasteiger partial charge in [0.25, 0.3) is 5.56 Å². The van der Waals surface area contributed by atoms with Crippen LogP contribution in [0.25, 0.3) is 27.8 Å². The number of hydrogen-bond acceptors (Lipinski definition) is 4. The molecule has 0 bridgehead atoms. The van der Waals surface area contributed by atoms with Gasteiger partial charge in [0.1, 0.15) is 0 Å². The summed E-state index contributed by atoms with van der Waals surface area (Å²) in [5.41, 5.74) is 3.14. The summed E-state index contributed by atoms with van der Waals surface area (Å²) < 4.78 is 0. The van der Waals surface area contributed by atoms with Crippen molar-refractivity contribution in [2.75, 3.05) is 0 Å². The van der Waals surface area contributed by atoms with Crippen LogP contribution in [0.2, 0.25) is 0 Å². The molecule has 2 aromatic heterocycles. The van der Waals surface area contributed by atoms with E-state index in [1.807, 2.05) is 44.2 Å². The Hall–Kier alpha value is -3.21. The van der Waals surface area contributed by atoms with Crippen LogP contribution in [0.4, 0.5) is 0 Å². The number of hydrogen-bond donors (Lipinski definition) is 1. The van der Waals surface area contributed by atoms with Gasteiger partial charge in [0.15, 0.2) is 5.76 Å². The summed E-state index contributed by atoms with van der Waals surface area (Å²) in [6, 6.07) is 11.4. The number of pyridine rings is 2. The molecule has 0 unspecified atom stereocenters. The maximum absolute atomic E-state index is 12.6. The van der Waals surface area contributed by atoms with Gasteiger partial charge in [-0.15, -0.1) is 0 Å². The number of benzene rings is 1. The summed E-state index contributed by atoms with van der Waals surface area (Å²) in [5.74, 6) is 0.196. The van der Waals surface area contributed by atoms with Crippen molar-refractivity contribution in [3.05, 3.63) is 71.3 Å². The Morgan fingerprint density at radius 2 is 1.85 bits per heavy atom. The largest absolute Gasteiger partial charge is 0.357 e. The standard InChI is InChI=1S/C19H17N3O2.C2H6/c1-12(2)22-24-13(3)17-18(14-7-5-4-6-8-14)15-11-20-10-9-16(15)21-19(17)23;1-2/h4-11H,3H2,1-2H3,(H,21,23);1-2H3. The Morgan fingerprint density at radius 1 is 1.15 bits per heavy atom. The van der Waals surface area contributed by atoms with Crippen LogP contribution in [-0.2, 0) is 4.84 Å². The first-order valence-corrected chi connectivity index (χ1v) is 8.51. The SMILES string of the molecule is C=C(ON=C(C)C)c1c(-c2ccccc2)c2cnccc2[nH]c1=O.CC. The highest BCUT2D eigenvalue weighted by Crippen LogP contribution is 2.32. The molecule has 3 aromatic rings. The number of aromatic nitrogens is 2. The topological polar surface area (TPSA) is 67.3 Å². The summed E-state index contributed by atoms with van der Waals surface area (Å²) in [6.45, 7) is 11.5. The molecule has 0 spiro atoms. The van der Waals surface area contributed by atoms with Crippen LogP contribution in [0.15, 0.2) is 65.3 Å². The molecule has 0 aliphatic carbocycles. The Kier molecular flexibility index (Phi) is 6.44. The highest BCUT2D eigenvalue weighted by Gasteiger charge is 2.18. The normalized spacial score (nSPS) is 9.85. The minimum absolute atomic E-state index is 0.196. The summed E-state index contributed by atoms with van der Waals surface area (Å²) in [5, 5.41) is 4.73. The second-order valence-corrected chi connectivity index (χ2v) is 5.54. The van der Waals surface area contributed by atoms with E-state index in [9.17, 15) is 4.79 Å². The monoisotopic (exact) mass is 349 g/mol. The molecule has 0 aliphatic heterocycles. The van der Waals surface area contributed by atoms with Crippen molar-refractivity contribution < 1.29 is 4.84 Å². The molecule has 0 fully saturated rings. The van der Waals surface area contributed by atoms with Crippen molar-refractivity contribution in [3.8, 4) is 11.1 Å². The van der Waals surface area contributed by atoms with Gasteiger partial charge in [-0.1, -0.05) is 55.9 Å². The van der Waals surface area contributed by atoms with Crippen LogP contribution < -0.4 is 5.56 Å². The van der Waals surface area contributed by atoms with Crippen LogP contribution in [0.5, 0.6) is 0 Å². The van der Waals surface area contributed by atoms with Crippen molar-refractivity contribution in [1.29, 1.82) is 0 Å². The smallest absolute Gasteiger partial charge is 0.260 e. The molecule has 0 saturated heterocycles. The average molecular weight is 349 g/mol. The second-order valence-electron chi connectivity index (χ2n) is 5.54. The Bertz CT molecular complexity index is 985. The molecule has 1 N–H and O–H groups in total. The van der Waals surface area contributed by atoms with E-state index >= 15 is 0 Å². The minimum Gasteiger partial charge on any atom is -0.357 e. The predicted molar refractivity (Wildman–Crippen MR) is 108 cm³/mol. The Morgan fingerprint density at radius 3 is 2.50 bits per heavy atom. The number of aromatic amines is 1. The number of nitrogens with zero attached hydrogens (tertiary/aromatic N) is 2. The first-order chi connectivity index (χ1) is 12.6. The highest BCUT2D eigenvalue weighted by molar-refractivity contribution is 5.98. The number of nitrogens with one attached hydrogen (secondary N) is 1. The summed E-state index contributed by atoms with van der Waals surface area (Å²) >= 11 is 0. The summed E-state index contributed by atoms with van der Waals surface area (Å²) in [4.78, 5) is 25.0. The van der Waals surface area contributed by atoms with Gasteiger partial charge >= 0.3 is 0 Å². The van der Waals surface area contributed by atoms with Crippen molar-refractivity contribution in [3.63, 3.8) is 0 Å². The lowest BCUT2D eigenvalue weighted by molar-refractivity contribution is 0.298. The second kappa shape index (κ2) is 8.76. The lowest BCUT2D eigenvalue weighted by atomic mass is 9.96. The highest BCUT2D eigenvalue weighted by atomic mass is 16.6. The van der Waals surface area contributed by atoms with Crippen LogP contribution in [0.1, 0.15) is 33.3 Å². The van der Waals surface area contributed by atoms with E-state index in [0.29, 0.717) is 11.1 Å². The average Bonchev–Trinajstić information content (AvgIpc) is 2.67. The molecule has 0 atom stereocenters. The van der Waals surface area contributed by atoms with E-state index in [1.165, 1.54) is 0 Å². The fourth-order valence-corrected chi connectivity index (χ4v) is 2.50. The zero-order chi connectivity index (χ0) is 19.1. The lowest BCUT2D eigenvalue weighted by Gasteiger charge is -2.13. The Balaban J connectivity index is 0.00000117. The number of oxime groups is 1. The zero-order valence-electron chi connectivity index (χ0n) is 15.5. The number of rotatable bonds is 4. The summed E-state index contributed by atoms with van der Waals surface area (Å²) in [7, 11) is 0. The minimum atomic E-state index is -0.276. The van der Waals surface area contributed by atoms with Crippen molar-refractivity contribution in [2.24, 2.45) is 5.16 Å². The van der Waals surface area contributed by atoms with Gasteiger partial charge in [-0.25, -0.2) is 0 Å². The molecular weight excluding hydrogens is 326 g/mol. The van der Waals surface area contributed by atoms with Crippen LogP contribution in [-0.4, -0.2) is 15.7 Å². The molecule has 134 valence electrons. The first-order valence-electron chi connectivity index (χ1n) is 8.51. The van der Waals surface area contributed by atoms with E-state index in [0.717, 1.165) is 22.2 Å². The molecule has 0 amide bonds. The number of H-pyrrole nitrogens is 1. The predicted octanol–water partition coefficient (Wildman–Crippen LogP) is 5.00. The van der Waals surface area contributed by atoms with Gasteiger partial charge in [0.2, 0.25) is 0 Å². The number of fused-ring (bicyclic) bond motifs is 1. The first kappa shape index (κ1) is 19.1. The van der Waals surface area contributed by atoms with Gasteiger partial charge in [-0.3, -0.25) is 9.78 Å². The molecule has 5 nitrogen and oxygen atoms in total. The van der Waals surface area contributed by atoms with Gasteiger partial charge in [0, 0.05) is 23.3 Å². The van der Waals surface area contributed by atoms with Gasteiger partial charge in [-0.2, -0.15) is 0 Å². The third-order valence-electron chi connectivity index (χ3n) is 3.50. The van der Waals surface area contributed by atoms with E-state index in [-0.39, 0.29) is 11.3 Å². The molecule has 26 heavy (non-hydrogen) atoms. The van der Waals surface area contributed by atoms with Crippen molar-refractivity contribution in [1.82, 2.24) is 9.97 Å². The molecule has 0 aliphatic rings. The fraction of sp³-hybridized carbons (Fsp3) is 0.190. The molecular formula is C21H23N3O2. The molecule has 0 saturated carbocycles. The summed E-state index contributed by atoms with van der Waals surface area (Å²) in [6.07, 6.45) is 3.36. The van der Waals surface area contributed by atoms with Crippen LogP contribution in [0, 0.1) is 0 Å². The third kappa shape index (κ3) is 4.06. The van der Waals surface area contributed by atoms with Gasteiger partial charge in [0.05, 0.1) is 16.8 Å². The van der Waals surface area contributed by atoms with Crippen LogP contribution in [0.3, 0.4) is 0 Å². The van der Waals surface area contributed by atoms with Gasteiger partial charge in [-0.05, 0) is 25.5 Å². The molecule has 5 heteroatoms. The maximum Gasteiger partial charge on any atom is 0.260 e. The molecule has 1 aromatic carbocycles. The quantitative estimate of drug-likeness (QED) is 0.409. The van der Waals surface area contributed by atoms with Crippen LogP contribution >= 0.6 is 0 Å². The Labute approximate surface area is 153 Å². The van der Waals surface area contributed by atoms with E-state index < -0.39 is 0 Å². The van der Waals surface area contributed by atoms with E-state index in [4.69, 9.17) is 4.84 Å².